The maximum Gasteiger partial charge on any atom is 0.275 e. The number of aryl methyl sites for hydroxylation is 3. The van der Waals surface area contributed by atoms with E-state index in [9.17, 15) is 18.0 Å². The Morgan fingerprint density at radius 3 is 2.31 bits per heavy atom. The maximum atomic E-state index is 13.2. The molecule has 0 saturated heterocycles. The molecule has 0 radical (unpaired) electrons. The van der Waals surface area contributed by atoms with Crippen molar-refractivity contribution >= 4 is 32.4 Å². The van der Waals surface area contributed by atoms with Gasteiger partial charge in [0, 0.05) is 30.7 Å². The Morgan fingerprint density at radius 1 is 0.944 bits per heavy atom. The standard InChI is InChI=1S/C27H28N4O4S/c1-17-10-13-23(19(3)14-17)28-25(32)16-31-27(33)22-9-7-6-8-21(22)26(29-31)20-12-11-18(2)24(15-20)36(34,35)30(4)5/h6-15H,16H2,1-5H3,(H,28,32). The Hall–Kier alpha value is -3.82. The highest BCUT2D eigenvalue weighted by Crippen LogP contribution is 2.29. The molecule has 1 N–H and O–H groups in total. The van der Waals surface area contributed by atoms with E-state index >= 15 is 0 Å². The lowest BCUT2D eigenvalue weighted by Crippen LogP contribution is -2.30. The van der Waals surface area contributed by atoms with Gasteiger partial charge in [-0.2, -0.15) is 5.10 Å². The molecule has 0 aliphatic heterocycles. The van der Waals surface area contributed by atoms with Crippen LogP contribution in [0.1, 0.15) is 16.7 Å². The summed E-state index contributed by atoms with van der Waals surface area (Å²) < 4.78 is 28.0. The molecule has 186 valence electrons. The molecule has 0 atom stereocenters. The van der Waals surface area contributed by atoms with Crippen molar-refractivity contribution in [2.24, 2.45) is 0 Å². The minimum atomic E-state index is -3.70. The van der Waals surface area contributed by atoms with Crippen LogP contribution in [-0.2, 0) is 21.4 Å². The average Bonchev–Trinajstić information content (AvgIpc) is 2.83. The Balaban J connectivity index is 1.81. The number of fused-ring (bicyclic) bond motifs is 1. The molecular weight excluding hydrogens is 476 g/mol. The minimum absolute atomic E-state index is 0.154. The van der Waals surface area contributed by atoms with Gasteiger partial charge in [-0.25, -0.2) is 17.4 Å². The zero-order valence-corrected chi connectivity index (χ0v) is 21.7. The average molecular weight is 505 g/mol. The van der Waals surface area contributed by atoms with Crippen molar-refractivity contribution in [1.82, 2.24) is 14.1 Å². The summed E-state index contributed by atoms with van der Waals surface area (Å²) in [5.74, 6) is -0.391. The van der Waals surface area contributed by atoms with Gasteiger partial charge in [0.2, 0.25) is 15.9 Å². The van der Waals surface area contributed by atoms with Crippen molar-refractivity contribution in [3.63, 3.8) is 0 Å². The molecule has 8 nitrogen and oxygen atoms in total. The number of carbonyl (C=O) groups excluding carboxylic acids is 1. The van der Waals surface area contributed by atoms with Crippen molar-refractivity contribution in [2.75, 3.05) is 19.4 Å². The highest BCUT2D eigenvalue weighted by molar-refractivity contribution is 7.89. The SMILES string of the molecule is Cc1ccc(NC(=O)Cn2nc(-c3ccc(C)c(S(=O)(=O)N(C)C)c3)c3ccccc3c2=O)c(C)c1. The molecule has 4 rings (SSSR count). The summed E-state index contributed by atoms with van der Waals surface area (Å²) in [5, 5.41) is 8.33. The fourth-order valence-corrected chi connectivity index (χ4v) is 5.20. The first-order chi connectivity index (χ1) is 17.0. The Kier molecular flexibility index (Phi) is 6.79. The molecule has 0 bridgehead atoms. The summed E-state index contributed by atoms with van der Waals surface area (Å²) in [7, 11) is -0.746. The number of sulfonamides is 1. The van der Waals surface area contributed by atoms with Crippen molar-refractivity contribution in [2.45, 2.75) is 32.2 Å². The number of rotatable bonds is 6. The zero-order chi connectivity index (χ0) is 26.2. The fraction of sp³-hybridized carbons (Fsp3) is 0.222. The Labute approximate surface area is 210 Å². The second kappa shape index (κ2) is 9.67. The molecule has 3 aromatic carbocycles. The first-order valence-electron chi connectivity index (χ1n) is 11.4. The molecule has 1 amide bonds. The van der Waals surface area contributed by atoms with E-state index in [-0.39, 0.29) is 11.4 Å². The number of aromatic nitrogens is 2. The molecule has 0 spiro atoms. The molecule has 0 aliphatic rings. The van der Waals surface area contributed by atoms with Crippen LogP contribution in [0.5, 0.6) is 0 Å². The number of hydrogen-bond donors (Lipinski definition) is 1. The van der Waals surface area contributed by atoms with Crippen LogP contribution >= 0.6 is 0 Å². The lowest BCUT2D eigenvalue weighted by molar-refractivity contribution is -0.117. The number of hydrogen-bond acceptors (Lipinski definition) is 5. The van der Waals surface area contributed by atoms with Crippen LogP contribution < -0.4 is 10.9 Å². The quantitative estimate of drug-likeness (QED) is 0.429. The third kappa shape index (κ3) is 4.80. The second-order valence-corrected chi connectivity index (χ2v) is 11.1. The summed E-state index contributed by atoms with van der Waals surface area (Å²) in [6.07, 6.45) is 0. The van der Waals surface area contributed by atoms with Crippen LogP contribution in [-0.4, -0.2) is 42.5 Å². The van der Waals surface area contributed by atoms with Crippen LogP contribution in [0.4, 0.5) is 5.69 Å². The first kappa shape index (κ1) is 25.3. The van der Waals surface area contributed by atoms with Crippen LogP contribution in [0, 0.1) is 20.8 Å². The van der Waals surface area contributed by atoms with E-state index in [1.165, 1.54) is 14.1 Å². The van der Waals surface area contributed by atoms with Gasteiger partial charge < -0.3 is 5.32 Å². The van der Waals surface area contributed by atoms with Crippen molar-refractivity contribution in [3.05, 3.63) is 87.7 Å². The maximum absolute atomic E-state index is 13.2. The third-order valence-corrected chi connectivity index (χ3v) is 7.99. The van der Waals surface area contributed by atoms with E-state index in [0.717, 1.165) is 20.1 Å². The first-order valence-corrected chi connectivity index (χ1v) is 12.8. The largest absolute Gasteiger partial charge is 0.324 e. The summed E-state index contributed by atoms with van der Waals surface area (Å²) in [5.41, 5.74) is 3.79. The zero-order valence-electron chi connectivity index (χ0n) is 20.9. The van der Waals surface area contributed by atoms with E-state index in [2.05, 4.69) is 10.4 Å². The summed E-state index contributed by atoms with van der Waals surface area (Å²) in [6, 6.07) is 17.7. The van der Waals surface area contributed by atoms with Gasteiger partial charge in [0.05, 0.1) is 16.0 Å². The van der Waals surface area contributed by atoms with E-state index in [4.69, 9.17) is 0 Å². The number of amides is 1. The van der Waals surface area contributed by atoms with Gasteiger partial charge in [-0.3, -0.25) is 9.59 Å². The lowest BCUT2D eigenvalue weighted by atomic mass is 10.0. The summed E-state index contributed by atoms with van der Waals surface area (Å²) in [6.45, 7) is 5.31. The number of nitrogens with one attached hydrogen (secondary N) is 1. The van der Waals surface area contributed by atoms with Gasteiger partial charge in [-0.05, 0) is 50.1 Å². The van der Waals surface area contributed by atoms with Crippen LogP contribution in [0.2, 0.25) is 0 Å². The molecule has 4 aromatic rings. The van der Waals surface area contributed by atoms with Crippen molar-refractivity contribution < 1.29 is 13.2 Å². The Bertz CT molecular complexity index is 1660. The lowest BCUT2D eigenvalue weighted by Gasteiger charge is -2.16. The van der Waals surface area contributed by atoms with Gasteiger partial charge in [0.25, 0.3) is 5.56 Å². The van der Waals surface area contributed by atoms with Crippen LogP contribution in [0.25, 0.3) is 22.0 Å². The number of nitrogens with zero attached hydrogens (tertiary/aromatic N) is 3. The van der Waals surface area contributed by atoms with Gasteiger partial charge in [-0.15, -0.1) is 0 Å². The predicted molar refractivity (Wildman–Crippen MR) is 142 cm³/mol. The fourth-order valence-electron chi connectivity index (χ4n) is 4.06. The van der Waals surface area contributed by atoms with E-state index < -0.39 is 21.5 Å². The van der Waals surface area contributed by atoms with Crippen LogP contribution in [0.15, 0.2) is 70.4 Å². The topological polar surface area (TPSA) is 101 Å². The highest BCUT2D eigenvalue weighted by Gasteiger charge is 2.22. The van der Waals surface area contributed by atoms with E-state index in [0.29, 0.717) is 33.3 Å². The molecule has 1 heterocycles. The number of carbonyl (C=O) groups is 1. The van der Waals surface area contributed by atoms with Crippen LogP contribution in [0.3, 0.4) is 0 Å². The van der Waals surface area contributed by atoms with Gasteiger partial charge in [-0.1, -0.05) is 48.0 Å². The van der Waals surface area contributed by atoms with Gasteiger partial charge in [0.15, 0.2) is 0 Å². The number of benzene rings is 3. The molecule has 0 saturated carbocycles. The molecular formula is C27H28N4O4S. The van der Waals surface area contributed by atoms with Crippen molar-refractivity contribution in [1.29, 1.82) is 0 Å². The molecule has 0 unspecified atom stereocenters. The smallest absolute Gasteiger partial charge is 0.275 e. The second-order valence-electron chi connectivity index (χ2n) is 8.99. The molecule has 1 aromatic heterocycles. The third-order valence-electron chi connectivity index (χ3n) is 6.04. The molecule has 9 heteroatoms. The number of anilines is 1. The minimum Gasteiger partial charge on any atom is -0.324 e. The highest BCUT2D eigenvalue weighted by atomic mass is 32.2. The van der Waals surface area contributed by atoms with Gasteiger partial charge >= 0.3 is 0 Å². The molecule has 36 heavy (non-hydrogen) atoms. The predicted octanol–water partition coefficient (Wildman–Crippen LogP) is 3.88. The monoisotopic (exact) mass is 504 g/mol. The molecule has 0 fully saturated rings. The normalized spacial score (nSPS) is 11.7. The van der Waals surface area contributed by atoms with Crippen molar-refractivity contribution in [3.8, 4) is 11.3 Å². The molecule has 0 aliphatic carbocycles. The summed E-state index contributed by atoms with van der Waals surface area (Å²) >= 11 is 0. The summed E-state index contributed by atoms with van der Waals surface area (Å²) in [4.78, 5) is 26.2. The van der Waals surface area contributed by atoms with E-state index in [1.807, 2.05) is 32.0 Å². The van der Waals surface area contributed by atoms with E-state index in [1.54, 1.807) is 49.4 Å². The Morgan fingerprint density at radius 2 is 1.64 bits per heavy atom. The van der Waals surface area contributed by atoms with Gasteiger partial charge in [0.1, 0.15) is 6.54 Å².